The molecule has 0 saturated carbocycles. The zero-order chi connectivity index (χ0) is 19.2. The molecule has 0 aliphatic carbocycles. The number of piperazine rings is 1. The molecular weight excluding hydrogens is 372 g/mol. The van der Waals surface area contributed by atoms with Gasteiger partial charge in [-0.2, -0.15) is 0 Å². The molecular formula is C21H20N4O2S. The van der Waals surface area contributed by atoms with Gasteiger partial charge < -0.3 is 9.32 Å². The van der Waals surface area contributed by atoms with E-state index in [2.05, 4.69) is 31.1 Å². The molecule has 0 bridgehead atoms. The predicted molar refractivity (Wildman–Crippen MR) is 109 cm³/mol. The highest BCUT2D eigenvalue weighted by molar-refractivity contribution is 7.13. The summed E-state index contributed by atoms with van der Waals surface area (Å²) in [6.45, 7) is 4.13. The van der Waals surface area contributed by atoms with Crippen molar-refractivity contribution in [2.75, 3.05) is 26.2 Å². The van der Waals surface area contributed by atoms with Gasteiger partial charge in [0.2, 0.25) is 0 Å². The lowest BCUT2D eigenvalue weighted by Crippen LogP contribution is -2.45. The number of hydrogen-bond acceptors (Lipinski definition) is 7. The fraction of sp³-hybridized carbons (Fsp3) is 0.238. The van der Waals surface area contributed by atoms with E-state index in [1.807, 2.05) is 36.4 Å². The summed E-state index contributed by atoms with van der Waals surface area (Å²) in [5.74, 6) is 2.88. The molecule has 0 N–H and O–H groups in total. The van der Waals surface area contributed by atoms with Gasteiger partial charge in [0, 0.05) is 50.5 Å². The highest BCUT2D eigenvalue weighted by Crippen LogP contribution is 2.24. The van der Waals surface area contributed by atoms with Crippen molar-refractivity contribution in [1.82, 2.24) is 19.8 Å². The normalized spacial score (nSPS) is 15.1. The van der Waals surface area contributed by atoms with Crippen LogP contribution in [0.2, 0.25) is 0 Å². The van der Waals surface area contributed by atoms with E-state index in [1.165, 1.54) is 0 Å². The Bertz CT molecular complexity index is 967. The summed E-state index contributed by atoms with van der Waals surface area (Å²) in [7, 11) is 0. The van der Waals surface area contributed by atoms with E-state index < -0.39 is 0 Å². The van der Waals surface area contributed by atoms with Crippen molar-refractivity contribution >= 4 is 23.4 Å². The minimum Gasteiger partial charge on any atom is -0.462 e. The number of aromatic nitrogens is 2. The largest absolute Gasteiger partial charge is 0.462 e. The summed E-state index contributed by atoms with van der Waals surface area (Å²) < 4.78 is 5.41. The van der Waals surface area contributed by atoms with Crippen LogP contribution in [-0.4, -0.2) is 51.9 Å². The van der Waals surface area contributed by atoms with Crippen LogP contribution in [0.25, 0.3) is 16.8 Å². The van der Waals surface area contributed by atoms with Crippen molar-refractivity contribution in [2.24, 2.45) is 0 Å². The summed E-state index contributed by atoms with van der Waals surface area (Å²) in [4.78, 5) is 24.6. The van der Waals surface area contributed by atoms with Crippen LogP contribution in [0.5, 0.6) is 0 Å². The topological polar surface area (TPSA) is 62.5 Å². The molecule has 7 heteroatoms. The maximum atomic E-state index is 11.4. The van der Waals surface area contributed by atoms with Gasteiger partial charge in [-0.3, -0.25) is 9.88 Å². The Morgan fingerprint density at radius 3 is 2.86 bits per heavy atom. The highest BCUT2D eigenvalue weighted by atomic mass is 32.1. The molecule has 0 amide bonds. The van der Waals surface area contributed by atoms with Gasteiger partial charge in [-0.25, -0.2) is 9.78 Å². The second kappa shape index (κ2) is 8.80. The van der Waals surface area contributed by atoms with Gasteiger partial charge in [0.15, 0.2) is 10.8 Å². The first-order valence-corrected chi connectivity index (χ1v) is 9.98. The molecule has 142 valence electrons. The van der Waals surface area contributed by atoms with Gasteiger partial charge in [0.25, 0.3) is 0 Å². The zero-order valence-electron chi connectivity index (χ0n) is 15.3. The van der Waals surface area contributed by atoms with E-state index >= 15 is 0 Å². The van der Waals surface area contributed by atoms with E-state index in [-0.39, 0.29) is 0 Å². The molecule has 0 radical (unpaired) electrons. The number of carbonyl (C=O) groups excluding carboxylic acids is 1. The van der Waals surface area contributed by atoms with Gasteiger partial charge in [-0.15, -0.1) is 11.3 Å². The molecule has 1 aliphatic rings. The summed E-state index contributed by atoms with van der Waals surface area (Å²) in [5.41, 5.74) is 2.59. The monoisotopic (exact) mass is 392 g/mol. The maximum absolute atomic E-state index is 11.4. The average molecular weight is 392 g/mol. The highest BCUT2D eigenvalue weighted by Gasteiger charge is 2.19. The van der Waals surface area contributed by atoms with E-state index in [1.54, 1.807) is 30.0 Å². The van der Waals surface area contributed by atoms with Crippen LogP contribution in [0.15, 0.2) is 64.5 Å². The number of hydrogen-bond donors (Lipinski definition) is 0. The fourth-order valence-electron chi connectivity index (χ4n) is 3.12. The second-order valence-electron chi connectivity index (χ2n) is 6.49. The first-order valence-electron chi connectivity index (χ1n) is 9.10. The van der Waals surface area contributed by atoms with Crippen molar-refractivity contribution in [3.63, 3.8) is 0 Å². The SMILES string of the molecule is O=C=C(/C=C/c1cccnc1)N1CCN(Cc2csc(-c3ccco3)n2)CC1. The lowest BCUT2D eigenvalue weighted by molar-refractivity contribution is 0.155. The van der Waals surface area contributed by atoms with Crippen LogP contribution in [-0.2, 0) is 11.3 Å². The van der Waals surface area contributed by atoms with Crippen LogP contribution in [0, 0.1) is 0 Å². The number of allylic oxidation sites excluding steroid dienone is 1. The molecule has 0 atom stereocenters. The van der Waals surface area contributed by atoms with E-state index in [0.29, 0.717) is 5.70 Å². The molecule has 4 rings (SSSR count). The Morgan fingerprint density at radius 2 is 2.14 bits per heavy atom. The maximum Gasteiger partial charge on any atom is 0.162 e. The summed E-state index contributed by atoms with van der Waals surface area (Å²) in [6.07, 6.45) is 8.87. The molecule has 4 heterocycles. The Labute approximate surface area is 167 Å². The minimum absolute atomic E-state index is 0.581. The van der Waals surface area contributed by atoms with Crippen molar-refractivity contribution < 1.29 is 9.21 Å². The molecule has 1 fully saturated rings. The van der Waals surface area contributed by atoms with Crippen LogP contribution in [0.4, 0.5) is 0 Å². The van der Waals surface area contributed by atoms with Gasteiger partial charge in [-0.05, 0) is 29.8 Å². The lowest BCUT2D eigenvalue weighted by atomic mass is 10.2. The fourth-order valence-corrected chi connectivity index (χ4v) is 3.90. The summed E-state index contributed by atoms with van der Waals surface area (Å²) in [6, 6.07) is 7.62. The van der Waals surface area contributed by atoms with Crippen LogP contribution in [0.3, 0.4) is 0 Å². The Balaban J connectivity index is 1.31. The van der Waals surface area contributed by atoms with Gasteiger partial charge >= 0.3 is 0 Å². The first-order chi connectivity index (χ1) is 13.8. The molecule has 0 spiro atoms. The minimum atomic E-state index is 0.581. The zero-order valence-corrected chi connectivity index (χ0v) is 16.1. The van der Waals surface area contributed by atoms with Crippen LogP contribution in [0.1, 0.15) is 11.3 Å². The van der Waals surface area contributed by atoms with Crippen LogP contribution < -0.4 is 0 Å². The third-order valence-electron chi connectivity index (χ3n) is 4.60. The molecule has 28 heavy (non-hydrogen) atoms. The molecule has 1 aliphatic heterocycles. The lowest BCUT2D eigenvalue weighted by Gasteiger charge is -2.35. The van der Waals surface area contributed by atoms with E-state index in [4.69, 9.17) is 4.42 Å². The van der Waals surface area contributed by atoms with Crippen LogP contribution >= 0.6 is 11.3 Å². The smallest absolute Gasteiger partial charge is 0.162 e. The van der Waals surface area contributed by atoms with Crippen molar-refractivity contribution in [1.29, 1.82) is 0 Å². The number of nitrogens with zero attached hydrogens (tertiary/aromatic N) is 4. The number of rotatable bonds is 6. The Morgan fingerprint density at radius 1 is 1.25 bits per heavy atom. The first kappa shape index (κ1) is 18.4. The molecule has 3 aromatic rings. The summed E-state index contributed by atoms with van der Waals surface area (Å²) in [5, 5.41) is 2.99. The number of furan rings is 1. The third kappa shape index (κ3) is 4.46. The molecule has 6 nitrogen and oxygen atoms in total. The average Bonchev–Trinajstić information content (AvgIpc) is 3.42. The van der Waals surface area contributed by atoms with Gasteiger partial charge in [0.05, 0.1) is 12.0 Å². The Hall–Kier alpha value is -2.99. The summed E-state index contributed by atoms with van der Waals surface area (Å²) >= 11 is 1.60. The molecule has 3 aromatic heterocycles. The molecule has 0 unspecified atom stereocenters. The van der Waals surface area contributed by atoms with Gasteiger partial charge in [0.1, 0.15) is 11.6 Å². The van der Waals surface area contributed by atoms with E-state index in [0.717, 1.165) is 54.7 Å². The van der Waals surface area contributed by atoms with Gasteiger partial charge in [-0.1, -0.05) is 12.1 Å². The second-order valence-corrected chi connectivity index (χ2v) is 7.35. The quantitative estimate of drug-likeness (QED) is 0.474. The van der Waals surface area contributed by atoms with Crippen molar-refractivity contribution in [2.45, 2.75) is 6.54 Å². The predicted octanol–water partition coefficient (Wildman–Crippen LogP) is 3.34. The van der Waals surface area contributed by atoms with E-state index in [9.17, 15) is 4.79 Å². The molecule has 0 aromatic carbocycles. The van der Waals surface area contributed by atoms with Crippen molar-refractivity contribution in [3.05, 3.63) is 71.3 Å². The Kier molecular flexibility index (Phi) is 5.77. The molecule has 1 saturated heterocycles. The third-order valence-corrected chi connectivity index (χ3v) is 5.51. The number of thiazole rings is 1. The number of pyridine rings is 1. The van der Waals surface area contributed by atoms with Crippen molar-refractivity contribution in [3.8, 4) is 10.8 Å². The standard InChI is InChI=1S/C21H20N4O2S/c26-15-19(6-5-17-3-1-7-22-13-17)25-10-8-24(9-11-25)14-18-16-28-21(23-18)20-4-2-12-27-20/h1-7,12-13,16H,8-11,14H2/b6-5+.